The van der Waals surface area contributed by atoms with Gasteiger partial charge in [-0.15, -0.1) is 10.2 Å². The van der Waals surface area contributed by atoms with Gasteiger partial charge in [-0.3, -0.25) is 4.79 Å². The molecule has 112 valence electrons. The van der Waals surface area contributed by atoms with Gasteiger partial charge in [-0.25, -0.2) is 0 Å². The Labute approximate surface area is 119 Å². The number of aromatic nitrogens is 2. The molecule has 0 aromatic carbocycles. The monoisotopic (exact) mass is 280 g/mol. The van der Waals surface area contributed by atoms with Crippen LogP contribution in [0.15, 0.2) is 4.42 Å². The predicted molar refractivity (Wildman–Crippen MR) is 74.5 cm³/mol. The molecule has 0 radical (unpaired) electrons. The quantitative estimate of drug-likeness (QED) is 0.826. The van der Waals surface area contributed by atoms with E-state index in [-0.39, 0.29) is 11.8 Å². The molecular formula is C15H24N2O3. The minimum atomic E-state index is -0.730. The summed E-state index contributed by atoms with van der Waals surface area (Å²) in [4.78, 5) is 11.1. The normalized spacial score (nSPS) is 17.8. The molecule has 1 fully saturated rings. The summed E-state index contributed by atoms with van der Waals surface area (Å²) in [5.74, 6) is 0.894. The molecule has 0 bridgehead atoms. The van der Waals surface area contributed by atoms with Crippen LogP contribution in [0, 0.1) is 5.41 Å². The molecule has 0 aliphatic heterocycles. The molecule has 1 N–H and O–H groups in total. The van der Waals surface area contributed by atoms with Crippen LogP contribution in [-0.2, 0) is 11.2 Å². The highest BCUT2D eigenvalue weighted by Crippen LogP contribution is 2.43. The SMILES string of the molecule is CCC(CC)c1nnc(CC2(CC(=O)O)CCCC2)o1. The zero-order chi connectivity index (χ0) is 14.6. The third-order valence-corrected chi connectivity index (χ3v) is 4.53. The van der Waals surface area contributed by atoms with Crippen LogP contribution in [-0.4, -0.2) is 21.3 Å². The first-order valence-electron chi connectivity index (χ1n) is 7.62. The van der Waals surface area contributed by atoms with Gasteiger partial charge in [-0.2, -0.15) is 0 Å². The molecular weight excluding hydrogens is 256 g/mol. The maximum atomic E-state index is 11.1. The van der Waals surface area contributed by atoms with Gasteiger partial charge < -0.3 is 9.52 Å². The van der Waals surface area contributed by atoms with Gasteiger partial charge in [0.25, 0.3) is 0 Å². The number of carbonyl (C=O) groups is 1. The molecule has 5 heteroatoms. The van der Waals surface area contributed by atoms with Gasteiger partial charge in [0, 0.05) is 12.3 Å². The Morgan fingerprint density at radius 2 is 1.95 bits per heavy atom. The highest BCUT2D eigenvalue weighted by molar-refractivity contribution is 5.67. The lowest BCUT2D eigenvalue weighted by atomic mass is 9.79. The Morgan fingerprint density at radius 3 is 2.50 bits per heavy atom. The molecule has 1 heterocycles. The van der Waals surface area contributed by atoms with Gasteiger partial charge in [0.1, 0.15) is 0 Å². The van der Waals surface area contributed by atoms with Crippen LogP contribution >= 0.6 is 0 Å². The van der Waals surface area contributed by atoms with Crippen molar-refractivity contribution in [2.45, 2.75) is 71.1 Å². The molecule has 1 aliphatic rings. The molecule has 1 aliphatic carbocycles. The van der Waals surface area contributed by atoms with Gasteiger partial charge in [0.05, 0.1) is 6.42 Å². The Kier molecular flexibility index (Phi) is 4.78. The standard InChI is InChI=1S/C15H24N2O3/c1-3-11(4-2)14-17-16-12(20-14)9-15(10-13(18)19)7-5-6-8-15/h11H,3-10H2,1-2H3,(H,18,19). The second-order valence-corrected chi connectivity index (χ2v) is 6.00. The fraction of sp³-hybridized carbons (Fsp3) is 0.800. The Bertz CT molecular complexity index is 446. The van der Waals surface area contributed by atoms with E-state index < -0.39 is 5.97 Å². The molecule has 2 rings (SSSR count). The Hall–Kier alpha value is -1.39. The molecule has 0 saturated heterocycles. The van der Waals surface area contributed by atoms with E-state index in [0.29, 0.717) is 24.1 Å². The number of aliphatic carboxylic acids is 1. The average Bonchev–Trinajstić information content (AvgIpc) is 3.01. The van der Waals surface area contributed by atoms with E-state index in [2.05, 4.69) is 24.0 Å². The third kappa shape index (κ3) is 3.38. The van der Waals surface area contributed by atoms with Crippen molar-refractivity contribution in [3.05, 3.63) is 11.8 Å². The summed E-state index contributed by atoms with van der Waals surface area (Å²) in [5.41, 5.74) is -0.177. The molecule has 0 spiro atoms. The third-order valence-electron chi connectivity index (χ3n) is 4.53. The van der Waals surface area contributed by atoms with Crippen molar-refractivity contribution in [2.75, 3.05) is 0 Å². The van der Waals surface area contributed by atoms with E-state index in [4.69, 9.17) is 9.52 Å². The van der Waals surface area contributed by atoms with Crippen molar-refractivity contribution in [2.24, 2.45) is 5.41 Å². The summed E-state index contributed by atoms with van der Waals surface area (Å²) in [5, 5.41) is 17.4. The summed E-state index contributed by atoms with van der Waals surface area (Å²) >= 11 is 0. The summed E-state index contributed by atoms with van der Waals surface area (Å²) in [6, 6.07) is 0. The zero-order valence-corrected chi connectivity index (χ0v) is 12.4. The molecule has 1 aromatic rings. The van der Waals surface area contributed by atoms with E-state index in [1.165, 1.54) is 0 Å². The highest BCUT2D eigenvalue weighted by Gasteiger charge is 2.38. The van der Waals surface area contributed by atoms with Crippen molar-refractivity contribution in [3.8, 4) is 0 Å². The van der Waals surface area contributed by atoms with E-state index in [1.807, 2.05) is 0 Å². The fourth-order valence-corrected chi connectivity index (χ4v) is 3.32. The van der Waals surface area contributed by atoms with Crippen LogP contribution in [0.25, 0.3) is 0 Å². The van der Waals surface area contributed by atoms with Crippen LogP contribution in [0.3, 0.4) is 0 Å². The first kappa shape index (κ1) is 15.0. The van der Waals surface area contributed by atoms with E-state index in [0.717, 1.165) is 38.5 Å². The summed E-state index contributed by atoms with van der Waals surface area (Å²) in [6.45, 7) is 4.22. The molecule has 0 atom stereocenters. The lowest BCUT2D eigenvalue weighted by Crippen LogP contribution is -2.24. The summed E-state index contributed by atoms with van der Waals surface area (Å²) < 4.78 is 5.78. The smallest absolute Gasteiger partial charge is 0.303 e. The van der Waals surface area contributed by atoms with Gasteiger partial charge in [-0.1, -0.05) is 26.7 Å². The van der Waals surface area contributed by atoms with Crippen molar-refractivity contribution in [3.63, 3.8) is 0 Å². The van der Waals surface area contributed by atoms with Crippen LogP contribution in [0.1, 0.15) is 76.5 Å². The highest BCUT2D eigenvalue weighted by atomic mass is 16.4. The minimum Gasteiger partial charge on any atom is -0.481 e. The summed E-state index contributed by atoms with van der Waals surface area (Å²) in [7, 11) is 0. The molecule has 0 amide bonds. The number of rotatable bonds is 7. The molecule has 0 unspecified atom stereocenters. The maximum Gasteiger partial charge on any atom is 0.303 e. The number of carboxylic acids is 1. The average molecular weight is 280 g/mol. The van der Waals surface area contributed by atoms with Gasteiger partial charge in [0.15, 0.2) is 0 Å². The first-order valence-corrected chi connectivity index (χ1v) is 7.62. The van der Waals surface area contributed by atoms with E-state index in [1.54, 1.807) is 0 Å². The van der Waals surface area contributed by atoms with Crippen molar-refractivity contribution < 1.29 is 14.3 Å². The van der Waals surface area contributed by atoms with Gasteiger partial charge >= 0.3 is 5.97 Å². The number of hydrogen-bond acceptors (Lipinski definition) is 4. The molecule has 5 nitrogen and oxygen atoms in total. The van der Waals surface area contributed by atoms with Crippen molar-refractivity contribution in [1.29, 1.82) is 0 Å². The molecule has 1 saturated carbocycles. The predicted octanol–water partition coefficient (Wildman–Crippen LogP) is 3.55. The number of hydrogen-bond donors (Lipinski definition) is 1. The van der Waals surface area contributed by atoms with Gasteiger partial charge in [0.2, 0.25) is 11.8 Å². The topological polar surface area (TPSA) is 76.2 Å². The second-order valence-electron chi connectivity index (χ2n) is 6.00. The molecule has 1 aromatic heterocycles. The largest absolute Gasteiger partial charge is 0.481 e. The minimum absolute atomic E-state index is 0.177. The van der Waals surface area contributed by atoms with Crippen LogP contribution < -0.4 is 0 Å². The van der Waals surface area contributed by atoms with Crippen LogP contribution in [0.5, 0.6) is 0 Å². The Morgan fingerprint density at radius 1 is 1.30 bits per heavy atom. The van der Waals surface area contributed by atoms with E-state index in [9.17, 15) is 4.79 Å². The number of nitrogens with zero attached hydrogens (tertiary/aromatic N) is 2. The van der Waals surface area contributed by atoms with Gasteiger partial charge in [-0.05, 0) is 31.1 Å². The van der Waals surface area contributed by atoms with Crippen LogP contribution in [0.2, 0.25) is 0 Å². The summed E-state index contributed by atoms with van der Waals surface area (Å²) in [6.07, 6.45) is 6.87. The Balaban J connectivity index is 2.09. The number of carboxylic acid groups (broad SMARTS) is 1. The fourth-order valence-electron chi connectivity index (χ4n) is 3.32. The van der Waals surface area contributed by atoms with E-state index >= 15 is 0 Å². The first-order chi connectivity index (χ1) is 9.58. The lowest BCUT2D eigenvalue weighted by Gasteiger charge is -2.25. The van der Waals surface area contributed by atoms with Crippen LogP contribution in [0.4, 0.5) is 0 Å². The maximum absolute atomic E-state index is 11.1. The van der Waals surface area contributed by atoms with Crippen molar-refractivity contribution in [1.82, 2.24) is 10.2 Å². The zero-order valence-electron chi connectivity index (χ0n) is 12.4. The lowest BCUT2D eigenvalue weighted by molar-refractivity contribution is -0.139. The molecule has 20 heavy (non-hydrogen) atoms. The second kappa shape index (κ2) is 6.37. The van der Waals surface area contributed by atoms with Crippen molar-refractivity contribution >= 4 is 5.97 Å².